The smallest absolute Gasteiger partial charge is 0.251 e. The summed E-state index contributed by atoms with van der Waals surface area (Å²) in [5, 5.41) is 5.82. The predicted molar refractivity (Wildman–Crippen MR) is 109 cm³/mol. The van der Waals surface area contributed by atoms with Gasteiger partial charge in [0.2, 0.25) is 5.91 Å². The van der Waals surface area contributed by atoms with Gasteiger partial charge in [-0.1, -0.05) is 29.5 Å². The Labute approximate surface area is 168 Å². The Balaban J connectivity index is 1.73. The number of carbonyl (C=O) groups is 2. The summed E-state index contributed by atoms with van der Waals surface area (Å²) < 4.78 is 14.2. The Morgan fingerprint density at radius 2 is 1.96 bits per heavy atom. The van der Waals surface area contributed by atoms with E-state index in [9.17, 15) is 14.0 Å². The molecule has 5 nitrogen and oxygen atoms in total. The fourth-order valence-corrected chi connectivity index (χ4v) is 3.51. The summed E-state index contributed by atoms with van der Waals surface area (Å²) in [6, 6.07) is 4.47. The van der Waals surface area contributed by atoms with Crippen molar-refractivity contribution in [1.82, 2.24) is 15.5 Å². The van der Waals surface area contributed by atoms with Gasteiger partial charge in [0.05, 0.1) is 6.54 Å². The summed E-state index contributed by atoms with van der Waals surface area (Å²) in [7, 11) is 0. The van der Waals surface area contributed by atoms with E-state index in [0.717, 1.165) is 44.5 Å². The van der Waals surface area contributed by atoms with Crippen LogP contribution in [0.3, 0.4) is 0 Å². The fraction of sp³-hybridized carbons (Fsp3) is 0.579. The highest BCUT2D eigenvalue weighted by Gasteiger charge is 2.21. The normalized spacial score (nSPS) is 15.7. The van der Waals surface area contributed by atoms with Crippen LogP contribution in [0.25, 0.3) is 0 Å². The Hall–Kier alpha value is -1.22. The number of benzene rings is 1. The molecular weight excluding hydrogens is 448 g/mol. The van der Waals surface area contributed by atoms with Gasteiger partial charge >= 0.3 is 0 Å². The molecule has 0 unspecified atom stereocenters. The SMILES string of the molecule is CCCNC(=O)CN1CCC(CNC(=O)c2cc(F)cc(CI)c2)CC1. The van der Waals surface area contributed by atoms with E-state index in [4.69, 9.17) is 0 Å². The van der Waals surface area contributed by atoms with E-state index in [-0.39, 0.29) is 17.6 Å². The molecule has 1 aromatic rings. The molecule has 0 spiro atoms. The highest BCUT2D eigenvalue weighted by atomic mass is 127. The minimum Gasteiger partial charge on any atom is -0.355 e. The zero-order valence-electron chi connectivity index (χ0n) is 15.2. The molecule has 2 N–H and O–H groups in total. The first-order valence-corrected chi connectivity index (χ1v) is 10.7. The minimum absolute atomic E-state index is 0.0794. The number of alkyl halides is 1. The molecule has 0 atom stereocenters. The molecule has 7 heteroatoms. The molecule has 26 heavy (non-hydrogen) atoms. The average molecular weight is 475 g/mol. The van der Waals surface area contributed by atoms with Crippen LogP contribution in [0.1, 0.15) is 42.1 Å². The second-order valence-electron chi connectivity index (χ2n) is 6.76. The standard InChI is InChI=1S/C19H27FIN3O2/c1-2-5-22-18(25)13-24-6-3-14(4-7-24)12-23-19(26)16-8-15(11-21)9-17(20)10-16/h8-10,14H,2-7,11-13H2,1H3,(H,22,25)(H,23,26). The van der Waals surface area contributed by atoms with E-state index < -0.39 is 0 Å². The van der Waals surface area contributed by atoms with E-state index in [2.05, 4.69) is 38.1 Å². The summed E-state index contributed by atoms with van der Waals surface area (Å²) in [6.07, 6.45) is 2.84. The first-order chi connectivity index (χ1) is 12.5. The number of nitrogens with one attached hydrogen (secondary N) is 2. The van der Waals surface area contributed by atoms with Crippen molar-refractivity contribution in [2.75, 3.05) is 32.7 Å². The number of likely N-dealkylation sites (tertiary alicyclic amines) is 1. The van der Waals surface area contributed by atoms with Crippen LogP contribution in [-0.2, 0) is 9.22 Å². The number of piperidine rings is 1. The van der Waals surface area contributed by atoms with Crippen LogP contribution >= 0.6 is 22.6 Å². The molecule has 1 fully saturated rings. The zero-order valence-corrected chi connectivity index (χ0v) is 17.4. The van der Waals surface area contributed by atoms with Crippen LogP contribution in [0.5, 0.6) is 0 Å². The lowest BCUT2D eigenvalue weighted by molar-refractivity contribution is -0.122. The number of hydrogen-bond donors (Lipinski definition) is 2. The van der Waals surface area contributed by atoms with Gasteiger partial charge in [-0.3, -0.25) is 14.5 Å². The third-order valence-electron chi connectivity index (χ3n) is 4.57. The van der Waals surface area contributed by atoms with E-state index in [0.29, 0.717) is 29.0 Å². The largest absolute Gasteiger partial charge is 0.355 e. The fourth-order valence-electron chi connectivity index (χ4n) is 3.07. The topological polar surface area (TPSA) is 61.4 Å². The molecule has 1 aliphatic heterocycles. The molecule has 0 bridgehead atoms. The molecule has 0 aromatic heterocycles. The van der Waals surface area contributed by atoms with Gasteiger partial charge < -0.3 is 10.6 Å². The molecule has 0 aliphatic carbocycles. The molecule has 1 saturated heterocycles. The third kappa shape index (κ3) is 6.83. The molecule has 0 saturated carbocycles. The molecule has 0 radical (unpaired) electrons. The Bertz CT molecular complexity index is 619. The molecule has 2 amide bonds. The molecule has 144 valence electrons. The van der Waals surface area contributed by atoms with E-state index >= 15 is 0 Å². The second-order valence-corrected chi connectivity index (χ2v) is 7.52. The van der Waals surface area contributed by atoms with Gasteiger partial charge in [0, 0.05) is 23.1 Å². The van der Waals surface area contributed by atoms with Gasteiger partial charge in [-0.15, -0.1) is 0 Å². The van der Waals surface area contributed by atoms with E-state index in [1.54, 1.807) is 6.07 Å². The maximum absolute atomic E-state index is 13.6. The van der Waals surface area contributed by atoms with Crippen molar-refractivity contribution in [3.8, 4) is 0 Å². The second kappa shape index (κ2) is 10.8. The Morgan fingerprint density at radius 1 is 1.23 bits per heavy atom. The number of rotatable bonds is 8. The first-order valence-electron chi connectivity index (χ1n) is 9.14. The van der Waals surface area contributed by atoms with Crippen LogP contribution in [0.2, 0.25) is 0 Å². The van der Waals surface area contributed by atoms with Gasteiger partial charge in [0.1, 0.15) is 5.82 Å². The molecule has 1 heterocycles. The lowest BCUT2D eigenvalue weighted by Crippen LogP contribution is -2.43. The van der Waals surface area contributed by atoms with Crippen molar-refractivity contribution >= 4 is 34.4 Å². The lowest BCUT2D eigenvalue weighted by Gasteiger charge is -2.31. The van der Waals surface area contributed by atoms with Gasteiger partial charge in [-0.2, -0.15) is 0 Å². The van der Waals surface area contributed by atoms with Gasteiger partial charge in [0.15, 0.2) is 0 Å². The average Bonchev–Trinajstić information content (AvgIpc) is 2.65. The zero-order chi connectivity index (χ0) is 18.9. The summed E-state index contributed by atoms with van der Waals surface area (Å²) in [4.78, 5) is 26.2. The van der Waals surface area contributed by atoms with Crippen molar-refractivity contribution in [2.45, 2.75) is 30.6 Å². The van der Waals surface area contributed by atoms with Crippen molar-refractivity contribution in [3.05, 3.63) is 35.1 Å². The maximum Gasteiger partial charge on any atom is 0.251 e. The number of halogens is 2. The highest BCUT2D eigenvalue weighted by Crippen LogP contribution is 2.17. The highest BCUT2D eigenvalue weighted by molar-refractivity contribution is 14.1. The van der Waals surface area contributed by atoms with Crippen LogP contribution in [0, 0.1) is 11.7 Å². The van der Waals surface area contributed by atoms with E-state index in [1.165, 1.54) is 12.1 Å². The van der Waals surface area contributed by atoms with E-state index in [1.807, 2.05) is 6.92 Å². The van der Waals surface area contributed by atoms with Crippen LogP contribution in [0.15, 0.2) is 18.2 Å². The summed E-state index contributed by atoms with van der Waals surface area (Å²) in [6.45, 7) is 5.51. The molecular formula is C19H27FIN3O2. The van der Waals surface area contributed by atoms with Crippen molar-refractivity contribution < 1.29 is 14.0 Å². The lowest BCUT2D eigenvalue weighted by atomic mass is 9.96. The summed E-state index contributed by atoms with van der Waals surface area (Å²) in [5.74, 6) is -0.127. The molecule has 1 aliphatic rings. The van der Waals surface area contributed by atoms with Crippen LogP contribution < -0.4 is 10.6 Å². The molecule has 2 rings (SSSR count). The number of hydrogen-bond acceptors (Lipinski definition) is 3. The quantitative estimate of drug-likeness (QED) is 0.449. The Morgan fingerprint density at radius 3 is 2.62 bits per heavy atom. The van der Waals surface area contributed by atoms with Gasteiger partial charge in [-0.05, 0) is 62.0 Å². The summed E-state index contributed by atoms with van der Waals surface area (Å²) >= 11 is 2.15. The Kier molecular flexibility index (Phi) is 8.77. The van der Waals surface area contributed by atoms with Crippen molar-refractivity contribution in [2.24, 2.45) is 5.92 Å². The minimum atomic E-state index is -0.376. The van der Waals surface area contributed by atoms with Crippen molar-refractivity contribution in [3.63, 3.8) is 0 Å². The van der Waals surface area contributed by atoms with Crippen LogP contribution in [-0.4, -0.2) is 49.4 Å². The maximum atomic E-state index is 13.6. The third-order valence-corrected chi connectivity index (χ3v) is 5.45. The number of amides is 2. The summed E-state index contributed by atoms with van der Waals surface area (Å²) in [5.41, 5.74) is 1.19. The monoisotopic (exact) mass is 475 g/mol. The first kappa shape index (κ1) is 21.1. The molecule has 1 aromatic carbocycles. The number of carbonyl (C=O) groups excluding carboxylic acids is 2. The van der Waals surface area contributed by atoms with Gasteiger partial charge in [-0.25, -0.2) is 4.39 Å². The van der Waals surface area contributed by atoms with Crippen LogP contribution in [0.4, 0.5) is 4.39 Å². The number of nitrogens with zero attached hydrogens (tertiary/aromatic N) is 1. The van der Waals surface area contributed by atoms with Gasteiger partial charge in [0.25, 0.3) is 5.91 Å². The predicted octanol–water partition coefficient (Wildman–Crippen LogP) is 2.73. The van der Waals surface area contributed by atoms with Crippen molar-refractivity contribution in [1.29, 1.82) is 0 Å².